The van der Waals surface area contributed by atoms with Gasteiger partial charge in [0.05, 0.1) is 5.41 Å². The number of carbonyl (C=O) groups excluding carboxylic acids is 2. The Morgan fingerprint density at radius 3 is 2.48 bits per heavy atom. The maximum Gasteiger partial charge on any atom is 0.330 e. The molecule has 0 saturated heterocycles. The van der Waals surface area contributed by atoms with Gasteiger partial charge in [-0.3, -0.25) is 4.79 Å². The van der Waals surface area contributed by atoms with Crippen molar-refractivity contribution in [2.24, 2.45) is 11.3 Å². The third-order valence-corrected chi connectivity index (χ3v) is 5.63. The van der Waals surface area contributed by atoms with Gasteiger partial charge in [-0.2, -0.15) is 0 Å². The van der Waals surface area contributed by atoms with E-state index < -0.39 is 11.0 Å². The molecule has 1 unspecified atom stereocenters. The SMILES string of the molecule is CC(C)C(C)(C)C(=O)ONC1(c2ccccc2Cl)CCCCC1=O.Cl. The van der Waals surface area contributed by atoms with Gasteiger partial charge in [-0.15, -0.1) is 17.9 Å². The van der Waals surface area contributed by atoms with E-state index >= 15 is 0 Å². The van der Waals surface area contributed by atoms with E-state index in [1.807, 2.05) is 45.9 Å². The van der Waals surface area contributed by atoms with Gasteiger partial charge in [-0.05, 0) is 38.7 Å². The average Bonchev–Trinajstić information content (AvgIpc) is 2.54. The summed E-state index contributed by atoms with van der Waals surface area (Å²) in [6.45, 7) is 7.62. The van der Waals surface area contributed by atoms with Gasteiger partial charge in [0.25, 0.3) is 0 Å². The Kier molecular flexibility index (Phi) is 7.48. The van der Waals surface area contributed by atoms with E-state index in [-0.39, 0.29) is 30.1 Å². The third-order valence-electron chi connectivity index (χ3n) is 5.30. The van der Waals surface area contributed by atoms with Gasteiger partial charge in [0.1, 0.15) is 5.54 Å². The fourth-order valence-corrected chi connectivity index (χ4v) is 3.08. The van der Waals surface area contributed by atoms with Crippen LogP contribution in [0.4, 0.5) is 0 Å². The number of hydroxylamine groups is 1. The van der Waals surface area contributed by atoms with Crippen LogP contribution in [0.15, 0.2) is 24.3 Å². The number of ketones is 1. The van der Waals surface area contributed by atoms with Crippen molar-refractivity contribution in [3.63, 3.8) is 0 Å². The number of benzene rings is 1. The fourth-order valence-electron chi connectivity index (χ4n) is 2.78. The summed E-state index contributed by atoms with van der Waals surface area (Å²) in [7, 11) is 0. The Labute approximate surface area is 161 Å². The van der Waals surface area contributed by atoms with Crippen LogP contribution in [0.1, 0.15) is 58.9 Å². The van der Waals surface area contributed by atoms with Gasteiger partial charge in [-0.25, -0.2) is 4.79 Å². The number of halogens is 2. The normalized spacial score (nSPS) is 21.0. The summed E-state index contributed by atoms with van der Waals surface area (Å²) >= 11 is 6.34. The molecule has 1 fully saturated rings. The lowest BCUT2D eigenvalue weighted by Gasteiger charge is -2.37. The molecule has 0 heterocycles. The van der Waals surface area contributed by atoms with Crippen LogP contribution in [-0.2, 0) is 20.0 Å². The lowest BCUT2D eigenvalue weighted by molar-refractivity contribution is -0.172. The standard InChI is InChI=1S/C19H26ClNO3.ClH/c1-13(2)18(3,4)17(23)24-21-19(12-8-7-11-16(19)22)14-9-5-6-10-15(14)20;/h5-6,9-10,13,21H,7-8,11-12H2,1-4H3;1H. The van der Waals surface area contributed by atoms with E-state index in [2.05, 4.69) is 5.48 Å². The molecule has 0 aliphatic heterocycles. The van der Waals surface area contributed by atoms with Crippen molar-refractivity contribution in [2.75, 3.05) is 0 Å². The lowest BCUT2D eigenvalue weighted by atomic mass is 9.76. The second-order valence-electron chi connectivity index (χ2n) is 7.38. The van der Waals surface area contributed by atoms with Gasteiger partial charge in [-0.1, -0.05) is 50.1 Å². The van der Waals surface area contributed by atoms with E-state index in [1.165, 1.54) is 0 Å². The first-order valence-electron chi connectivity index (χ1n) is 8.48. The maximum absolute atomic E-state index is 12.8. The van der Waals surface area contributed by atoms with Crippen molar-refractivity contribution in [2.45, 2.75) is 58.9 Å². The van der Waals surface area contributed by atoms with E-state index in [4.69, 9.17) is 16.4 Å². The van der Waals surface area contributed by atoms with Crippen molar-refractivity contribution in [3.8, 4) is 0 Å². The summed E-state index contributed by atoms with van der Waals surface area (Å²) in [5.41, 5.74) is 1.79. The van der Waals surface area contributed by atoms with E-state index in [9.17, 15) is 9.59 Å². The first-order chi connectivity index (χ1) is 11.2. The summed E-state index contributed by atoms with van der Waals surface area (Å²) < 4.78 is 0. The fraction of sp³-hybridized carbons (Fsp3) is 0.579. The molecule has 1 aromatic carbocycles. The number of Topliss-reactive ketones (excluding diaryl/α,β-unsaturated/α-hetero) is 1. The van der Waals surface area contributed by atoms with Gasteiger partial charge >= 0.3 is 5.97 Å². The van der Waals surface area contributed by atoms with E-state index in [0.717, 1.165) is 12.8 Å². The maximum atomic E-state index is 12.8. The smallest absolute Gasteiger partial charge is 0.330 e. The summed E-state index contributed by atoms with van der Waals surface area (Å²) in [6.07, 6.45) is 2.72. The Morgan fingerprint density at radius 2 is 1.92 bits per heavy atom. The predicted octanol–water partition coefficient (Wildman–Crippen LogP) is 4.83. The highest BCUT2D eigenvalue weighted by Crippen LogP contribution is 2.38. The number of nitrogens with one attached hydrogen (secondary N) is 1. The van der Waals surface area contributed by atoms with Crippen LogP contribution in [0.2, 0.25) is 5.02 Å². The molecule has 140 valence electrons. The second-order valence-corrected chi connectivity index (χ2v) is 7.79. The molecule has 1 atom stereocenters. The Balaban J connectivity index is 0.00000312. The van der Waals surface area contributed by atoms with Crippen LogP contribution in [0.25, 0.3) is 0 Å². The topological polar surface area (TPSA) is 55.4 Å². The van der Waals surface area contributed by atoms with E-state index in [0.29, 0.717) is 23.4 Å². The molecular weight excluding hydrogens is 361 g/mol. The van der Waals surface area contributed by atoms with Crippen LogP contribution in [0.3, 0.4) is 0 Å². The molecule has 6 heteroatoms. The van der Waals surface area contributed by atoms with Crippen molar-refractivity contribution < 1.29 is 14.4 Å². The molecule has 0 radical (unpaired) electrons. The zero-order chi connectivity index (χ0) is 18.0. The van der Waals surface area contributed by atoms with Crippen molar-refractivity contribution in [1.29, 1.82) is 0 Å². The molecule has 1 aromatic rings. The van der Waals surface area contributed by atoms with Crippen LogP contribution in [0.5, 0.6) is 0 Å². The van der Waals surface area contributed by atoms with Crippen LogP contribution < -0.4 is 5.48 Å². The third kappa shape index (κ3) is 4.36. The van der Waals surface area contributed by atoms with Crippen molar-refractivity contribution in [3.05, 3.63) is 34.9 Å². The molecule has 1 aliphatic rings. The average molecular weight is 388 g/mol. The molecule has 0 spiro atoms. The second kappa shape index (κ2) is 8.52. The summed E-state index contributed by atoms with van der Waals surface area (Å²) in [5.74, 6) is -0.246. The quantitative estimate of drug-likeness (QED) is 0.734. The highest BCUT2D eigenvalue weighted by atomic mass is 35.5. The molecule has 1 saturated carbocycles. The van der Waals surface area contributed by atoms with Crippen LogP contribution in [0, 0.1) is 11.3 Å². The number of carbonyl (C=O) groups is 2. The van der Waals surface area contributed by atoms with Gasteiger partial charge < -0.3 is 4.84 Å². The molecule has 1 aliphatic carbocycles. The van der Waals surface area contributed by atoms with Gasteiger partial charge in [0.15, 0.2) is 5.78 Å². The number of rotatable bonds is 5. The first kappa shape index (κ1) is 21.9. The molecule has 25 heavy (non-hydrogen) atoms. The Hall–Kier alpha value is -1.10. The zero-order valence-corrected chi connectivity index (χ0v) is 16.8. The summed E-state index contributed by atoms with van der Waals surface area (Å²) in [4.78, 5) is 30.7. The largest absolute Gasteiger partial charge is 0.369 e. The van der Waals surface area contributed by atoms with Crippen molar-refractivity contribution >= 4 is 35.8 Å². The minimum absolute atomic E-state index is 0. The molecular formula is C19H27Cl2NO3. The number of hydrogen-bond donors (Lipinski definition) is 1. The molecule has 0 aromatic heterocycles. The summed E-state index contributed by atoms with van der Waals surface area (Å²) in [6, 6.07) is 7.23. The molecule has 2 rings (SSSR count). The molecule has 1 N–H and O–H groups in total. The van der Waals surface area contributed by atoms with E-state index in [1.54, 1.807) is 6.07 Å². The predicted molar refractivity (Wildman–Crippen MR) is 102 cm³/mol. The lowest BCUT2D eigenvalue weighted by Crippen LogP contribution is -2.53. The van der Waals surface area contributed by atoms with Crippen LogP contribution in [-0.4, -0.2) is 11.8 Å². The molecule has 0 bridgehead atoms. The van der Waals surface area contributed by atoms with Gasteiger partial charge in [0, 0.05) is 17.0 Å². The monoisotopic (exact) mass is 387 g/mol. The number of hydrogen-bond acceptors (Lipinski definition) is 4. The first-order valence-corrected chi connectivity index (χ1v) is 8.86. The zero-order valence-electron chi connectivity index (χ0n) is 15.2. The summed E-state index contributed by atoms with van der Waals surface area (Å²) in [5, 5.41) is 0.499. The highest BCUT2D eigenvalue weighted by Gasteiger charge is 2.45. The van der Waals surface area contributed by atoms with Gasteiger partial charge in [0.2, 0.25) is 0 Å². The Morgan fingerprint density at radius 1 is 1.28 bits per heavy atom. The molecule has 4 nitrogen and oxygen atoms in total. The molecule has 0 amide bonds. The van der Waals surface area contributed by atoms with Crippen LogP contribution >= 0.6 is 24.0 Å². The Bertz CT molecular complexity index is 631. The highest BCUT2D eigenvalue weighted by molar-refractivity contribution is 6.31. The minimum atomic E-state index is -1.06. The van der Waals surface area contributed by atoms with Crippen molar-refractivity contribution in [1.82, 2.24) is 5.48 Å². The minimum Gasteiger partial charge on any atom is -0.369 e.